The second-order valence-electron chi connectivity index (χ2n) is 9.26. The number of alkyl carbamates (subject to hydrolysis) is 1. The Kier molecular flexibility index (Phi) is 9.22. The minimum Gasteiger partial charge on any atom is -0.488 e. The Morgan fingerprint density at radius 3 is 2.06 bits per heavy atom. The van der Waals surface area contributed by atoms with E-state index in [4.69, 9.17) is 14.2 Å². The smallest absolute Gasteiger partial charge is 0.408 e. The maximum absolute atomic E-state index is 12.9. The summed E-state index contributed by atoms with van der Waals surface area (Å²) in [6.07, 6.45) is 0.0724. The van der Waals surface area contributed by atoms with E-state index in [1.54, 1.807) is 39.0 Å². The fourth-order valence-electron chi connectivity index (χ4n) is 3.39. The van der Waals surface area contributed by atoms with E-state index >= 15 is 0 Å². The van der Waals surface area contributed by atoms with Gasteiger partial charge in [0.1, 0.15) is 30.6 Å². The first-order chi connectivity index (χ1) is 17.2. The van der Waals surface area contributed by atoms with Crippen LogP contribution in [0.4, 0.5) is 4.79 Å². The van der Waals surface area contributed by atoms with E-state index in [0.29, 0.717) is 29.8 Å². The first-order valence-electron chi connectivity index (χ1n) is 11.7. The second kappa shape index (κ2) is 12.5. The van der Waals surface area contributed by atoms with Gasteiger partial charge in [0, 0.05) is 6.42 Å². The molecule has 3 aromatic rings. The standard InChI is InChI=1S/C29H31NO6/c1-29(2,3)36-28(33)30-25(27(32)35-20-22-12-8-5-9-13-22)17-23-14-15-26(24(16-23)18-31)34-19-21-10-6-4-7-11-21/h4-16,18,25H,17,19-20H2,1-3H3,(H,30,33)/t25-/m0/s1. The highest BCUT2D eigenvalue weighted by atomic mass is 16.6. The molecule has 36 heavy (non-hydrogen) atoms. The minimum atomic E-state index is -1.01. The van der Waals surface area contributed by atoms with E-state index < -0.39 is 23.7 Å². The van der Waals surface area contributed by atoms with Gasteiger partial charge in [-0.2, -0.15) is 0 Å². The number of amides is 1. The summed E-state index contributed by atoms with van der Waals surface area (Å²) in [5.74, 6) is -0.178. The van der Waals surface area contributed by atoms with E-state index in [9.17, 15) is 14.4 Å². The van der Waals surface area contributed by atoms with Crippen LogP contribution in [-0.4, -0.2) is 30.0 Å². The van der Waals surface area contributed by atoms with Crippen LogP contribution in [0.2, 0.25) is 0 Å². The van der Waals surface area contributed by atoms with Crippen molar-refractivity contribution in [3.05, 3.63) is 101 Å². The molecule has 0 bridgehead atoms. The number of aldehydes is 1. The second-order valence-corrected chi connectivity index (χ2v) is 9.26. The van der Waals surface area contributed by atoms with Crippen molar-refractivity contribution in [2.45, 2.75) is 52.0 Å². The van der Waals surface area contributed by atoms with Crippen molar-refractivity contribution in [3.63, 3.8) is 0 Å². The molecular formula is C29H31NO6. The molecule has 0 unspecified atom stereocenters. The Bertz CT molecular complexity index is 1160. The average molecular weight is 490 g/mol. The number of ether oxygens (including phenoxy) is 3. The van der Waals surface area contributed by atoms with Gasteiger partial charge in [-0.1, -0.05) is 66.7 Å². The number of carbonyl (C=O) groups excluding carboxylic acids is 3. The molecule has 3 aromatic carbocycles. The quantitative estimate of drug-likeness (QED) is 0.309. The molecule has 0 saturated heterocycles. The molecule has 1 N–H and O–H groups in total. The minimum absolute atomic E-state index is 0.0675. The zero-order valence-corrected chi connectivity index (χ0v) is 20.7. The fraction of sp³-hybridized carbons (Fsp3) is 0.276. The van der Waals surface area contributed by atoms with Gasteiger partial charge >= 0.3 is 12.1 Å². The zero-order chi connectivity index (χ0) is 26.0. The molecule has 0 heterocycles. The van der Waals surface area contributed by atoms with E-state index in [1.165, 1.54) is 0 Å². The number of rotatable bonds is 10. The summed E-state index contributed by atoms with van der Waals surface area (Å²) in [7, 11) is 0. The number of esters is 1. The highest BCUT2D eigenvalue weighted by Gasteiger charge is 2.26. The first-order valence-corrected chi connectivity index (χ1v) is 11.7. The lowest BCUT2D eigenvalue weighted by Crippen LogP contribution is -2.45. The van der Waals surface area contributed by atoms with Crippen LogP contribution >= 0.6 is 0 Å². The maximum atomic E-state index is 12.9. The van der Waals surface area contributed by atoms with E-state index in [2.05, 4.69) is 5.32 Å². The predicted octanol–water partition coefficient (Wildman–Crippen LogP) is 5.26. The Labute approximate surface area is 211 Å². The molecule has 0 spiro atoms. The Hall–Kier alpha value is -4.13. The van der Waals surface area contributed by atoms with Crippen LogP contribution < -0.4 is 10.1 Å². The van der Waals surface area contributed by atoms with Crippen LogP contribution in [0, 0.1) is 0 Å². The number of nitrogens with one attached hydrogen (secondary N) is 1. The monoisotopic (exact) mass is 489 g/mol. The summed E-state index contributed by atoms with van der Waals surface area (Å²) in [6.45, 7) is 5.59. The largest absolute Gasteiger partial charge is 0.488 e. The topological polar surface area (TPSA) is 90.9 Å². The summed E-state index contributed by atoms with van der Waals surface area (Å²) in [5, 5.41) is 2.60. The van der Waals surface area contributed by atoms with Gasteiger partial charge in [-0.25, -0.2) is 9.59 Å². The molecule has 0 aromatic heterocycles. The van der Waals surface area contributed by atoms with Gasteiger partial charge in [0.05, 0.1) is 5.56 Å². The Balaban J connectivity index is 1.72. The third kappa shape index (κ3) is 8.58. The molecule has 1 amide bonds. The lowest BCUT2D eigenvalue weighted by atomic mass is 10.0. The molecular weight excluding hydrogens is 458 g/mol. The predicted molar refractivity (Wildman–Crippen MR) is 136 cm³/mol. The van der Waals surface area contributed by atoms with Crippen LogP contribution in [0.1, 0.15) is 47.8 Å². The highest BCUT2D eigenvalue weighted by Crippen LogP contribution is 2.21. The van der Waals surface area contributed by atoms with Crippen molar-refractivity contribution < 1.29 is 28.6 Å². The molecule has 188 valence electrons. The first kappa shape index (κ1) is 26.5. The van der Waals surface area contributed by atoms with Crippen LogP contribution in [0.25, 0.3) is 0 Å². The van der Waals surface area contributed by atoms with Gasteiger partial charge in [-0.05, 0) is 49.6 Å². The lowest BCUT2D eigenvalue weighted by Gasteiger charge is -2.23. The van der Waals surface area contributed by atoms with Gasteiger partial charge in [0.25, 0.3) is 0 Å². The van der Waals surface area contributed by atoms with Crippen LogP contribution in [-0.2, 0) is 33.9 Å². The van der Waals surface area contributed by atoms with Crippen LogP contribution in [0.3, 0.4) is 0 Å². The van der Waals surface area contributed by atoms with Crippen molar-refractivity contribution in [2.24, 2.45) is 0 Å². The number of hydrogen-bond acceptors (Lipinski definition) is 6. The summed E-state index contributed by atoms with van der Waals surface area (Å²) in [6, 6.07) is 22.9. The lowest BCUT2D eigenvalue weighted by molar-refractivity contribution is -0.147. The van der Waals surface area contributed by atoms with Gasteiger partial charge in [-0.15, -0.1) is 0 Å². The van der Waals surface area contributed by atoms with E-state index in [-0.39, 0.29) is 13.0 Å². The molecule has 0 aliphatic carbocycles. The summed E-state index contributed by atoms with van der Waals surface area (Å²) in [5.41, 5.74) is 2.07. The van der Waals surface area contributed by atoms with Crippen molar-refractivity contribution in [2.75, 3.05) is 0 Å². The summed E-state index contributed by atoms with van der Waals surface area (Å²) < 4.78 is 16.6. The normalized spacial score (nSPS) is 11.8. The molecule has 0 fully saturated rings. The van der Waals surface area contributed by atoms with Gasteiger partial charge in [-0.3, -0.25) is 4.79 Å². The van der Waals surface area contributed by atoms with Crippen molar-refractivity contribution in [1.29, 1.82) is 0 Å². The van der Waals surface area contributed by atoms with Crippen molar-refractivity contribution in [1.82, 2.24) is 5.32 Å². The van der Waals surface area contributed by atoms with Gasteiger partial charge in [0.2, 0.25) is 0 Å². The molecule has 7 heteroatoms. The molecule has 0 saturated carbocycles. The third-order valence-corrected chi connectivity index (χ3v) is 5.08. The number of benzene rings is 3. The molecule has 3 rings (SSSR count). The van der Waals surface area contributed by atoms with Crippen molar-refractivity contribution >= 4 is 18.3 Å². The molecule has 0 aliphatic rings. The maximum Gasteiger partial charge on any atom is 0.408 e. The molecule has 0 aliphatic heterocycles. The fourth-order valence-corrected chi connectivity index (χ4v) is 3.39. The van der Waals surface area contributed by atoms with Gasteiger partial charge in [0.15, 0.2) is 6.29 Å². The summed E-state index contributed by atoms with van der Waals surface area (Å²) >= 11 is 0. The van der Waals surface area contributed by atoms with Crippen LogP contribution in [0.5, 0.6) is 5.75 Å². The van der Waals surface area contributed by atoms with Crippen LogP contribution in [0.15, 0.2) is 78.9 Å². The Morgan fingerprint density at radius 1 is 0.861 bits per heavy atom. The molecule has 1 atom stereocenters. The highest BCUT2D eigenvalue weighted by molar-refractivity contribution is 5.82. The number of hydrogen-bond donors (Lipinski definition) is 1. The van der Waals surface area contributed by atoms with Gasteiger partial charge < -0.3 is 19.5 Å². The molecule has 0 radical (unpaired) electrons. The Morgan fingerprint density at radius 2 is 1.47 bits per heavy atom. The summed E-state index contributed by atoms with van der Waals surface area (Å²) in [4.78, 5) is 37.1. The number of carbonyl (C=O) groups is 3. The SMILES string of the molecule is CC(C)(C)OC(=O)N[C@@H](Cc1ccc(OCc2ccccc2)c(C=O)c1)C(=O)OCc1ccccc1. The third-order valence-electron chi connectivity index (χ3n) is 5.08. The molecule has 7 nitrogen and oxygen atoms in total. The average Bonchev–Trinajstić information content (AvgIpc) is 2.86. The zero-order valence-electron chi connectivity index (χ0n) is 20.7. The van der Waals surface area contributed by atoms with E-state index in [0.717, 1.165) is 11.1 Å². The van der Waals surface area contributed by atoms with Crippen molar-refractivity contribution in [3.8, 4) is 5.75 Å². The van der Waals surface area contributed by atoms with E-state index in [1.807, 2.05) is 60.7 Å².